The highest BCUT2D eigenvalue weighted by Gasteiger charge is 2.00. The fourth-order valence-corrected chi connectivity index (χ4v) is 2.16. The zero-order valence-corrected chi connectivity index (χ0v) is 14.0. The molecular formula is C17H28N2S. The van der Waals surface area contributed by atoms with E-state index < -0.39 is 0 Å². The van der Waals surface area contributed by atoms with E-state index in [0.29, 0.717) is 11.8 Å². The Balaban J connectivity index is 2.29. The first-order valence-corrected chi connectivity index (χ1v) is 7.97. The molecule has 0 spiro atoms. The minimum Gasteiger partial charge on any atom is -0.363 e. The number of hydrogen-bond acceptors (Lipinski definition) is 1. The van der Waals surface area contributed by atoms with Crippen molar-refractivity contribution in [2.75, 3.05) is 6.54 Å². The van der Waals surface area contributed by atoms with Crippen LogP contribution in [0, 0.1) is 11.8 Å². The Morgan fingerprint density at radius 2 is 1.55 bits per heavy atom. The highest BCUT2D eigenvalue weighted by atomic mass is 32.1. The smallest absolute Gasteiger partial charge is 0.166 e. The summed E-state index contributed by atoms with van der Waals surface area (Å²) >= 11 is 5.27. The van der Waals surface area contributed by atoms with E-state index in [1.807, 2.05) is 0 Å². The second-order valence-corrected chi connectivity index (χ2v) is 6.61. The third-order valence-electron chi connectivity index (χ3n) is 3.13. The number of thiocarbonyl (C=S) groups is 1. The molecule has 112 valence electrons. The lowest BCUT2D eigenvalue weighted by Gasteiger charge is -2.12. The van der Waals surface area contributed by atoms with Crippen molar-refractivity contribution >= 4 is 17.3 Å². The van der Waals surface area contributed by atoms with Crippen molar-refractivity contribution in [2.45, 2.75) is 47.1 Å². The molecule has 0 saturated carbocycles. The van der Waals surface area contributed by atoms with Gasteiger partial charge in [0.2, 0.25) is 0 Å². The molecule has 2 N–H and O–H groups in total. The van der Waals surface area contributed by atoms with Crippen molar-refractivity contribution in [2.24, 2.45) is 11.8 Å². The molecule has 0 aliphatic carbocycles. The fourth-order valence-electron chi connectivity index (χ4n) is 1.98. The summed E-state index contributed by atoms with van der Waals surface area (Å²) in [6.45, 7) is 10.7. The van der Waals surface area contributed by atoms with Gasteiger partial charge in [0.25, 0.3) is 0 Å². The molecule has 1 aromatic carbocycles. The van der Waals surface area contributed by atoms with Crippen LogP contribution < -0.4 is 10.6 Å². The van der Waals surface area contributed by atoms with Crippen molar-refractivity contribution in [1.29, 1.82) is 0 Å². The molecule has 0 amide bonds. The molecule has 0 aliphatic rings. The molecule has 0 unspecified atom stereocenters. The molecule has 3 heteroatoms. The van der Waals surface area contributed by atoms with Crippen LogP contribution in [0.4, 0.5) is 0 Å². The predicted octanol–water partition coefficient (Wildman–Crippen LogP) is 3.90. The van der Waals surface area contributed by atoms with E-state index in [2.05, 4.69) is 62.6 Å². The van der Waals surface area contributed by atoms with Gasteiger partial charge in [0.05, 0.1) is 0 Å². The normalized spacial score (nSPS) is 10.9. The molecule has 0 fully saturated rings. The molecule has 0 aliphatic heterocycles. The molecular weight excluding hydrogens is 264 g/mol. The first kappa shape index (κ1) is 17.0. The van der Waals surface area contributed by atoms with E-state index in [9.17, 15) is 0 Å². The van der Waals surface area contributed by atoms with E-state index in [1.165, 1.54) is 11.1 Å². The highest BCUT2D eigenvalue weighted by Crippen LogP contribution is 2.09. The van der Waals surface area contributed by atoms with Crippen LogP contribution in [0.5, 0.6) is 0 Å². The minimum absolute atomic E-state index is 0.705. The summed E-state index contributed by atoms with van der Waals surface area (Å²) in [5, 5.41) is 7.24. The second kappa shape index (κ2) is 8.96. The number of hydrogen-bond donors (Lipinski definition) is 2. The summed E-state index contributed by atoms with van der Waals surface area (Å²) in [6.07, 6.45) is 2.29. The molecule has 0 saturated heterocycles. The Morgan fingerprint density at radius 3 is 2.10 bits per heavy atom. The van der Waals surface area contributed by atoms with Crippen LogP contribution >= 0.6 is 12.2 Å². The summed E-state index contributed by atoms with van der Waals surface area (Å²) in [4.78, 5) is 0. The Hall–Kier alpha value is -1.09. The van der Waals surface area contributed by atoms with Crippen molar-refractivity contribution in [3.05, 3.63) is 35.4 Å². The molecule has 0 aromatic heterocycles. The van der Waals surface area contributed by atoms with E-state index in [1.54, 1.807) is 0 Å². The molecule has 1 rings (SSSR count). The van der Waals surface area contributed by atoms with Gasteiger partial charge in [0, 0.05) is 13.1 Å². The maximum Gasteiger partial charge on any atom is 0.166 e. The van der Waals surface area contributed by atoms with Gasteiger partial charge < -0.3 is 10.6 Å². The van der Waals surface area contributed by atoms with Gasteiger partial charge in [-0.15, -0.1) is 0 Å². The Kier molecular flexibility index (Phi) is 7.60. The third kappa shape index (κ3) is 7.49. The van der Waals surface area contributed by atoms with Crippen LogP contribution in [0.3, 0.4) is 0 Å². The van der Waals surface area contributed by atoms with E-state index in [0.717, 1.165) is 31.0 Å². The summed E-state index contributed by atoms with van der Waals surface area (Å²) in [5.41, 5.74) is 2.67. The summed E-state index contributed by atoms with van der Waals surface area (Å²) < 4.78 is 0. The van der Waals surface area contributed by atoms with Gasteiger partial charge in [-0.25, -0.2) is 0 Å². The zero-order valence-electron chi connectivity index (χ0n) is 13.2. The van der Waals surface area contributed by atoms with Crippen LogP contribution in [-0.2, 0) is 13.0 Å². The first-order valence-electron chi connectivity index (χ1n) is 7.57. The topological polar surface area (TPSA) is 24.1 Å². The lowest BCUT2D eigenvalue weighted by molar-refractivity contribution is 0.576. The zero-order chi connectivity index (χ0) is 15.0. The highest BCUT2D eigenvalue weighted by molar-refractivity contribution is 7.80. The van der Waals surface area contributed by atoms with Crippen LogP contribution in [-0.4, -0.2) is 11.7 Å². The quantitative estimate of drug-likeness (QED) is 0.745. The van der Waals surface area contributed by atoms with Crippen LogP contribution in [0.2, 0.25) is 0 Å². The predicted molar refractivity (Wildman–Crippen MR) is 91.9 cm³/mol. The third-order valence-corrected chi connectivity index (χ3v) is 3.42. The SMILES string of the molecule is CC(C)CCNC(=S)NCc1ccc(CC(C)C)cc1. The van der Waals surface area contributed by atoms with Crippen molar-refractivity contribution in [3.8, 4) is 0 Å². The van der Waals surface area contributed by atoms with Gasteiger partial charge in [-0.3, -0.25) is 0 Å². The second-order valence-electron chi connectivity index (χ2n) is 6.21. The van der Waals surface area contributed by atoms with Crippen molar-refractivity contribution in [3.63, 3.8) is 0 Å². The van der Waals surface area contributed by atoms with Crippen LogP contribution in [0.1, 0.15) is 45.2 Å². The van der Waals surface area contributed by atoms with Gasteiger partial charge in [0.15, 0.2) is 5.11 Å². The average molecular weight is 292 g/mol. The van der Waals surface area contributed by atoms with Gasteiger partial charge in [-0.1, -0.05) is 52.0 Å². The first-order chi connectivity index (χ1) is 9.47. The number of nitrogens with one attached hydrogen (secondary N) is 2. The fraction of sp³-hybridized carbons (Fsp3) is 0.588. The molecule has 2 nitrogen and oxygen atoms in total. The molecule has 0 heterocycles. The monoisotopic (exact) mass is 292 g/mol. The number of rotatable bonds is 7. The Bertz CT molecular complexity index is 396. The summed E-state index contributed by atoms with van der Waals surface area (Å²) in [5.74, 6) is 1.41. The Labute approximate surface area is 129 Å². The lowest BCUT2D eigenvalue weighted by Crippen LogP contribution is -2.35. The van der Waals surface area contributed by atoms with Crippen LogP contribution in [0.15, 0.2) is 24.3 Å². The van der Waals surface area contributed by atoms with Gasteiger partial charge in [0.1, 0.15) is 0 Å². The maximum atomic E-state index is 5.27. The molecule has 0 atom stereocenters. The number of benzene rings is 1. The molecule has 20 heavy (non-hydrogen) atoms. The van der Waals surface area contributed by atoms with Crippen molar-refractivity contribution in [1.82, 2.24) is 10.6 Å². The Morgan fingerprint density at radius 1 is 0.950 bits per heavy atom. The lowest BCUT2D eigenvalue weighted by atomic mass is 10.0. The van der Waals surface area contributed by atoms with E-state index in [-0.39, 0.29) is 0 Å². The van der Waals surface area contributed by atoms with E-state index >= 15 is 0 Å². The van der Waals surface area contributed by atoms with Gasteiger partial charge in [-0.2, -0.15) is 0 Å². The van der Waals surface area contributed by atoms with Gasteiger partial charge >= 0.3 is 0 Å². The standard InChI is InChI=1S/C17H28N2S/c1-13(2)9-10-18-17(20)19-12-16-7-5-15(6-8-16)11-14(3)4/h5-8,13-14H,9-12H2,1-4H3,(H2,18,19,20). The maximum absolute atomic E-state index is 5.27. The molecule has 0 radical (unpaired) electrons. The summed E-state index contributed by atoms with van der Waals surface area (Å²) in [6, 6.07) is 8.79. The molecule has 0 bridgehead atoms. The largest absolute Gasteiger partial charge is 0.363 e. The minimum atomic E-state index is 0.705. The van der Waals surface area contributed by atoms with Gasteiger partial charge in [-0.05, 0) is 48.0 Å². The van der Waals surface area contributed by atoms with Crippen LogP contribution in [0.25, 0.3) is 0 Å². The average Bonchev–Trinajstić information content (AvgIpc) is 2.37. The summed E-state index contributed by atoms with van der Waals surface area (Å²) in [7, 11) is 0. The van der Waals surface area contributed by atoms with Crippen molar-refractivity contribution < 1.29 is 0 Å². The van der Waals surface area contributed by atoms with E-state index in [4.69, 9.17) is 12.2 Å². The molecule has 1 aromatic rings.